The second kappa shape index (κ2) is 3.03. The van der Waals surface area contributed by atoms with E-state index in [0.717, 1.165) is 16.5 Å². The van der Waals surface area contributed by atoms with E-state index in [-0.39, 0.29) is 6.04 Å². The summed E-state index contributed by atoms with van der Waals surface area (Å²) >= 11 is 0. The van der Waals surface area contributed by atoms with Gasteiger partial charge in [0.25, 0.3) is 0 Å². The van der Waals surface area contributed by atoms with Gasteiger partial charge in [-0.2, -0.15) is 5.10 Å². The topological polar surface area (TPSA) is 54.7 Å². The average Bonchev–Trinajstić information content (AvgIpc) is 2.63. The number of hydrogen-bond donors (Lipinski definition) is 2. The molecule has 2 rings (SSSR count). The van der Waals surface area contributed by atoms with Crippen molar-refractivity contribution in [3.05, 3.63) is 42.6 Å². The molecule has 0 fully saturated rings. The van der Waals surface area contributed by atoms with Gasteiger partial charge < -0.3 is 5.73 Å². The van der Waals surface area contributed by atoms with E-state index in [0.29, 0.717) is 0 Å². The molecule has 0 radical (unpaired) electrons. The van der Waals surface area contributed by atoms with Crippen LogP contribution in [0.5, 0.6) is 0 Å². The van der Waals surface area contributed by atoms with Gasteiger partial charge in [-0.3, -0.25) is 5.10 Å². The maximum atomic E-state index is 5.80. The fraction of sp³-hybridized carbons (Fsp3) is 0.100. The molecule has 1 atom stereocenters. The minimum atomic E-state index is -0.104. The number of aromatic nitrogens is 2. The summed E-state index contributed by atoms with van der Waals surface area (Å²) in [5, 5.41) is 7.93. The molecule has 66 valence electrons. The van der Waals surface area contributed by atoms with Crippen LogP contribution in [-0.4, -0.2) is 10.2 Å². The van der Waals surface area contributed by atoms with Gasteiger partial charge in [0, 0.05) is 11.4 Å². The summed E-state index contributed by atoms with van der Waals surface area (Å²) in [5.74, 6) is 0. The molecule has 1 aromatic carbocycles. The average molecular weight is 173 g/mol. The van der Waals surface area contributed by atoms with Crippen molar-refractivity contribution in [2.24, 2.45) is 5.73 Å². The first-order valence-corrected chi connectivity index (χ1v) is 4.12. The minimum absolute atomic E-state index is 0.104. The Hall–Kier alpha value is -1.61. The third-order valence-electron chi connectivity index (χ3n) is 2.10. The van der Waals surface area contributed by atoms with Gasteiger partial charge in [-0.15, -0.1) is 6.58 Å². The van der Waals surface area contributed by atoms with Crippen molar-refractivity contribution >= 4 is 10.9 Å². The first-order chi connectivity index (χ1) is 6.31. The Labute approximate surface area is 76.3 Å². The Balaban J connectivity index is 2.53. The number of fused-ring (bicyclic) bond motifs is 1. The third kappa shape index (κ3) is 1.34. The summed E-state index contributed by atoms with van der Waals surface area (Å²) in [6.45, 7) is 3.65. The maximum absolute atomic E-state index is 5.80. The van der Waals surface area contributed by atoms with Crippen molar-refractivity contribution in [1.82, 2.24) is 10.2 Å². The molecule has 0 spiro atoms. The molecule has 3 nitrogen and oxygen atoms in total. The molecule has 0 amide bonds. The molecule has 3 heteroatoms. The van der Waals surface area contributed by atoms with E-state index in [4.69, 9.17) is 5.73 Å². The first kappa shape index (κ1) is 8.01. The van der Waals surface area contributed by atoms with E-state index in [9.17, 15) is 0 Å². The van der Waals surface area contributed by atoms with E-state index in [2.05, 4.69) is 16.8 Å². The molecule has 0 saturated carbocycles. The molecule has 2 aromatic rings. The number of aromatic amines is 1. The van der Waals surface area contributed by atoms with Crippen LogP contribution in [-0.2, 0) is 0 Å². The van der Waals surface area contributed by atoms with Gasteiger partial charge >= 0.3 is 0 Å². The highest BCUT2D eigenvalue weighted by Gasteiger charge is 2.02. The highest BCUT2D eigenvalue weighted by Crippen LogP contribution is 2.17. The number of rotatable bonds is 2. The summed E-state index contributed by atoms with van der Waals surface area (Å²) in [7, 11) is 0. The molecule has 1 aromatic heterocycles. The molecule has 0 saturated heterocycles. The van der Waals surface area contributed by atoms with Crippen LogP contribution in [0.1, 0.15) is 11.6 Å². The van der Waals surface area contributed by atoms with Crippen molar-refractivity contribution in [1.29, 1.82) is 0 Å². The zero-order chi connectivity index (χ0) is 9.26. The summed E-state index contributed by atoms with van der Waals surface area (Å²) in [6, 6.07) is 5.88. The maximum Gasteiger partial charge on any atom is 0.0653 e. The van der Waals surface area contributed by atoms with Crippen LogP contribution in [0.2, 0.25) is 0 Å². The van der Waals surface area contributed by atoms with Crippen molar-refractivity contribution in [3.63, 3.8) is 0 Å². The number of hydrogen-bond acceptors (Lipinski definition) is 2. The predicted molar refractivity (Wildman–Crippen MR) is 53.2 cm³/mol. The van der Waals surface area contributed by atoms with Crippen LogP contribution >= 0.6 is 0 Å². The molecule has 13 heavy (non-hydrogen) atoms. The molecule has 1 unspecified atom stereocenters. The molecular formula is C10H11N3. The Bertz CT molecular complexity index is 430. The molecule has 1 heterocycles. The first-order valence-electron chi connectivity index (χ1n) is 4.12. The van der Waals surface area contributed by atoms with Crippen LogP contribution in [0.4, 0.5) is 0 Å². The second-order valence-electron chi connectivity index (χ2n) is 2.98. The minimum Gasteiger partial charge on any atom is -0.321 e. The monoisotopic (exact) mass is 173 g/mol. The lowest BCUT2D eigenvalue weighted by Crippen LogP contribution is -2.05. The van der Waals surface area contributed by atoms with Crippen LogP contribution in [0, 0.1) is 0 Å². The predicted octanol–water partition coefficient (Wildman–Crippen LogP) is 1.75. The number of nitrogens with two attached hydrogens (primary N) is 1. The van der Waals surface area contributed by atoms with Crippen molar-refractivity contribution in [2.45, 2.75) is 6.04 Å². The van der Waals surface area contributed by atoms with Crippen LogP contribution < -0.4 is 5.73 Å². The fourth-order valence-corrected chi connectivity index (χ4v) is 1.30. The summed E-state index contributed by atoms with van der Waals surface area (Å²) in [4.78, 5) is 0. The standard InChI is InChI=1S/C10H11N3/c1-2-9(11)7-3-4-8-6-12-13-10(8)5-7/h2-6,9H,1,11H2,(H,12,13). The number of H-pyrrole nitrogens is 1. The Morgan fingerprint density at radius 1 is 1.54 bits per heavy atom. The molecule has 0 aliphatic heterocycles. The van der Waals surface area contributed by atoms with Crippen molar-refractivity contribution in [3.8, 4) is 0 Å². The van der Waals surface area contributed by atoms with Gasteiger partial charge in [-0.25, -0.2) is 0 Å². The van der Waals surface area contributed by atoms with Gasteiger partial charge in [-0.05, 0) is 11.6 Å². The van der Waals surface area contributed by atoms with Gasteiger partial charge in [0.15, 0.2) is 0 Å². The lowest BCUT2D eigenvalue weighted by Gasteiger charge is -2.05. The van der Waals surface area contributed by atoms with Crippen LogP contribution in [0.15, 0.2) is 37.1 Å². The smallest absolute Gasteiger partial charge is 0.0653 e. The zero-order valence-electron chi connectivity index (χ0n) is 7.20. The normalized spacial score (nSPS) is 13.0. The Morgan fingerprint density at radius 2 is 2.38 bits per heavy atom. The van der Waals surface area contributed by atoms with E-state index >= 15 is 0 Å². The third-order valence-corrected chi connectivity index (χ3v) is 2.10. The molecule has 0 bridgehead atoms. The van der Waals surface area contributed by atoms with Gasteiger partial charge in [0.2, 0.25) is 0 Å². The molecular weight excluding hydrogens is 162 g/mol. The summed E-state index contributed by atoms with van der Waals surface area (Å²) in [5.41, 5.74) is 7.86. The summed E-state index contributed by atoms with van der Waals surface area (Å²) < 4.78 is 0. The Kier molecular flexibility index (Phi) is 1.87. The van der Waals surface area contributed by atoms with E-state index in [1.54, 1.807) is 12.3 Å². The number of nitrogens with one attached hydrogen (secondary N) is 1. The highest BCUT2D eigenvalue weighted by atomic mass is 15.1. The molecule has 0 aliphatic carbocycles. The van der Waals surface area contributed by atoms with E-state index < -0.39 is 0 Å². The van der Waals surface area contributed by atoms with Crippen LogP contribution in [0.25, 0.3) is 10.9 Å². The van der Waals surface area contributed by atoms with E-state index in [1.165, 1.54) is 0 Å². The lowest BCUT2D eigenvalue weighted by molar-refractivity contribution is 0.916. The zero-order valence-corrected chi connectivity index (χ0v) is 7.20. The number of benzene rings is 1. The molecule has 0 aliphatic rings. The van der Waals surface area contributed by atoms with E-state index in [1.807, 2.05) is 18.2 Å². The summed E-state index contributed by atoms with van der Waals surface area (Å²) in [6.07, 6.45) is 3.51. The lowest BCUT2D eigenvalue weighted by atomic mass is 10.1. The second-order valence-corrected chi connectivity index (χ2v) is 2.98. The SMILES string of the molecule is C=CC(N)c1ccc2cn[nH]c2c1. The fourth-order valence-electron chi connectivity index (χ4n) is 1.30. The van der Waals surface area contributed by atoms with Gasteiger partial charge in [-0.1, -0.05) is 18.2 Å². The van der Waals surface area contributed by atoms with Gasteiger partial charge in [0.05, 0.1) is 11.7 Å². The highest BCUT2D eigenvalue weighted by molar-refractivity contribution is 5.78. The van der Waals surface area contributed by atoms with Crippen LogP contribution in [0.3, 0.4) is 0 Å². The molecule has 3 N–H and O–H groups in total. The van der Waals surface area contributed by atoms with Crippen molar-refractivity contribution in [2.75, 3.05) is 0 Å². The Morgan fingerprint density at radius 3 is 3.15 bits per heavy atom. The van der Waals surface area contributed by atoms with Gasteiger partial charge in [0.1, 0.15) is 0 Å². The van der Waals surface area contributed by atoms with Crippen molar-refractivity contribution < 1.29 is 0 Å². The number of nitrogens with zero attached hydrogens (tertiary/aromatic N) is 1. The largest absolute Gasteiger partial charge is 0.321 e. The quantitative estimate of drug-likeness (QED) is 0.680.